The Hall–Kier alpha value is -3.98. The number of hydrogen-bond donors (Lipinski definition) is 0. The van der Waals surface area contributed by atoms with Crippen molar-refractivity contribution in [2.24, 2.45) is 0 Å². The molecule has 3 aromatic rings. The molecule has 0 heterocycles. The van der Waals surface area contributed by atoms with Gasteiger partial charge in [-0.15, -0.1) is 0 Å². The summed E-state index contributed by atoms with van der Waals surface area (Å²) in [5.74, 6) is -0.447. The van der Waals surface area contributed by atoms with Crippen molar-refractivity contribution in [3.63, 3.8) is 0 Å². The normalized spacial score (nSPS) is 10.8. The standard InChI is InChI=1S/C23H17N3O4S/c1-26(31(28,29)22-12-4-18(15-25)5-13-22)16-23(27)30-21-10-8-20(9-11-21)19-6-2-17(14-24)3-7-19/h2-13H,16H2,1H3. The van der Waals surface area contributed by atoms with Gasteiger partial charge in [-0.25, -0.2) is 8.42 Å². The molecule has 7 nitrogen and oxygen atoms in total. The fraction of sp³-hybridized carbons (Fsp3) is 0.0870. The van der Waals surface area contributed by atoms with Gasteiger partial charge in [0, 0.05) is 7.05 Å². The number of hydrogen-bond acceptors (Lipinski definition) is 6. The number of likely N-dealkylation sites (N-methyl/N-ethyl adjacent to an activating group) is 1. The SMILES string of the molecule is CN(CC(=O)Oc1ccc(-c2ccc(C#N)cc2)cc1)S(=O)(=O)c1ccc(C#N)cc1. The van der Waals surface area contributed by atoms with E-state index < -0.39 is 22.5 Å². The van der Waals surface area contributed by atoms with Crippen LogP contribution in [0.25, 0.3) is 11.1 Å². The van der Waals surface area contributed by atoms with Gasteiger partial charge in [-0.2, -0.15) is 14.8 Å². The number of carbonyl (C=O) groups excluding carboxylic acids is 1. The second-order valence-electron chi connectivity index (χ2n) is 6.58. The van der Waals surface area contributed by atoms with Gasteiger partial charge in [-0.3, -0.25) is 4.79 Å². The van der Waals surface area contributed by atoms with Crippen molar-refractivity contribution < 1.29 is 17.9 Å². The van der Waals surface area contributed by atoms with Crippen molar-refractivity contribution in [2.75, 3.05) is 13.6 Å². The minimum atomic E-state index is -3.90. The van der Waals surface area contributed by atoms with Crippen LogP contribution in [0.5, 0.6) is 5.75 Å². The molecule has 0 aromatic heterocycles. The Kier molecular flexibility index (Phi) is 6.46. The summed E-state index contributed by atoms with van der Waals surface area (Å²) < 4.78 is 31.3. The highest BCUT2D eigenvalue weighted by molar-refractivity contribution is 7.89. The van der Waals surface area contributed by atoms with Crippen LogP contribution in [-0.4, -0.2) is 32.3 Å². The molecule has 0 saturated carbocycles. The van der Waals surface area contributed by atoms with Gasteiger partial charge in [0.25, 0.3) is 0 Å². The molecule has 3 aromatic carbocycles. The van der Waals surface area contributed by atoms with E-state index >= 15 is 0 Å². The van der Waals surface area contributed by atoms with Gasteiger partial charge in [0.1, 0.15) is 12.3 Å². The van der Waals surface area contributed by atoms with Crippen LogP contribution in [-0.2, 0) is 14.8 Å². The first kappa shape index (κ1) is 21.7. The maximum atomic E-state index is 12.6. The summed E-state index contributed by atoms with van der Waals surface area (Å²) in [5.41, 5.74) is 2.69. The number of esters is 1. The average Bonchev–Trinajstić information content (AvgIpc) is 2.79. The summed E-state index contributed by atoms with van der Waals surface area (Å²) in [4.78, 5) is 12.2. The summed E-state index contributed by atoms with van der Waals surface area (Å²) in [7, 11) is -2.62. The topological polar surface area (TPSA) is 111 Å². The molecule has 154 valence electrons. The smallest absolute Gasteiger partial charge is 0.326 e. The predicted molar refractivity (Wildman–Crippen MR) is 113 cm³/mol. The molecule has 0 radical (unpaired) electrons. The van der Waals surface area contributed by atoms with E-state index in [-0.39, 0.29) is 10.6 Å². The van der Waals surface area contributed by atoms with Crippen LogP contribution < -0.4 is 4.74 Å². The van der Waals surface area contributed by atoms with Crippen LogP contribution in [0, 0.1) is 22.7 Å². The maximum absolute atomic E-state index is 12.6. The quantitative estimate of drug-likeness (QED) is 0.437. The van der Waals surface area contributed by atoms with E-state index in [0.717, 1.165) is 15.4 Å². The summed E-state index contributed by atoms with van der Waals surface area (Å²) in [6, 6.07) is 23.2. The van der Waals surface area contributed by atoms with E-state index in [4.69, 9.17) is 15.3 Å². The van der Waals surface area contributed by atoms with Gasteiger partial charge in [-0.05, 0) is 59.7 Å². The molecule has 0 aliphatic heterocycles. The number of sulfonamides is 1. The van der Waals surface area contributed by atoms with E-state index in [1.807, 2.05) is 18.2 Å². The molecule has 0 spiro atoms. The third-order valence-corrected chi connectivity index (χ3v) is 6.29. The summed E-state index contributed by atoms with van der Waals surface area (Å²) in [6.07, 6.45) is 0. The fourth-order valence-electron chi connectivity index (χ4n) is 2.76. The Morgan fingerprint density at radius 1 is 0.839 bits per heavy atom. The van der Waals surface area contributed by atoms with E-state index in [0.29, 0.717) is 11.1 Å². The van der Waals surface area contributed by atoms with Crippen molar-refractivity contribution in [3.05, 3.63) is 83.9 Å². The van der Waals surface area contributed by atoms with E-state index in [1.54, 1.807) is 36.4 Å². The zero-order chi connectivity index (χ0) is 22.4. The third kappa shape index (κ3) is 5.14. The zero-order valence-corrected chi connectivity index (χ0v) is 17.3. The number of rotatable bonds is 6. The van der Waals surface area contributed by atoms with E-state index in [2.05, 4.69) is 6.07 Å². The summed E-state index contributed by atoms with van der Waals surface area (Å²) >= 11 is 0. The van der Waals surface area contributed by atoms with Crippen molar-refractivity contribution in [2.45, 2.75) is 4.90 Å². The van der Waals surface area contributed by atoms with Crippen LogP contribution in [0.4, 0.5) is 0 Å². The fourth-order valence-corrected chi connectivity index (χ4v) is 3.88. The molecule has 0 aliphatic carbocycles. The van der Waals surface area contributed by atoms with Gasteiger partial charge in [-0.1, -0.05) is 24.3 Å². The van der Waals surface area contributed by atoms with Crippen LogP contribution in [0.15, 0.2) is 77.7 Å². The molecule has 0 saturated heterocycles. The number of carbonyl (C=O) groups is 1. The molecular weight excluding hydrogens is 414 g/mol. The predicted octanol–water partition coefficient (Wildman–Crippen LogP) is 3.32. The van der Waals surface area contributed by atoms with Crippen LogP contribution >= 0.6 is 0 Å². The minimum Gasteiger partial charge on any atom is -0.426 e. The van der Waals surface area contributed by atoms with Gasteiger partial charge in [0.05, 0.1) is 28.2 Å². The highest BCUT2D eigenvalue weighted by Gasteiger charge is 2.23. The Morgan fingerprint density at radius 3 is 1.77 bits per heavy atom. The average molecular weight is 431 g/mol. The molecule has 3 rings (SSSR count). The van der Waals surface area contributed by atoms with Crippen molar-refractivity contribution in [1.29, 1.82) is 10.5 Å². The second kappa shape index (κ2) is 9.23. The lowest BCUT2D eigenvalue weighted by Crippen LogP contribution is -2.34. The first-order valence-electron chi connectivity index (χ1n) is 9.11. The first-order chi connectivity index (χ1) is 14.8. The molecule has 0 atom stereocenters. The summed E-state index contributed by atoms with van der Waals surface area (Å²) in [6.45, 7) is -0.473. The Labute approximate surface area is 180 Å². The van der Waals surface area contributed by atoms with Gasteiger partial charge >= 0.3 is 5.97 Å². The molecule has 31 heavy (non-hydrogen) atoms. The van der Waals surface area contributed by atoms with Crippen LogP contribution in [0.3, 0.4) is 0 Å². The molecule has 0 aliphatic rings. The number of nitrogens with zero attached hydrogens (tertiary/aromatic N) is 3. The maximum Gasteiger partial charge on any atom is 0.326 e. The molecule has 0 N–H and O–H groups in total. The lowest BCUT2D eigenvalue weighted by Gasteiger charge is -2.16. The minimum absolute atomic E-state index is 0.0198. The first-order valence-corrected chi connectivity index (χ1v) is 10.6. The monoisotopic (exact) mass is 431 g/mol. The lowest BCUT2D eigenvalue weighted by molar-refractivity contribution is -0.134. The highest BCUT2D eigenvalue weighted by Crippen LogP contribution is 2.23. The summed E-state index contributed by atoms with van der Waals surface area (Å²) in [5, 5.41) is 17.7. The molecule has 0 amide bonds. The molecule has 0 bridgehead atoms. The Balaban J connectivity index is 1.64. The molecule has 0 unspecified atom stereocenters. The zero-order valence-electron chi connectivity index (χ0n) is 16.5. The highest BCUT2D eigenvalue weighted by atomic mass is 32.2. The van der Waals surface area contributed by atoms with Crippen molar-refractivity contribution >= 4 is 16.0 Å². The van der Waals surface area contributed by atoms with Crippen LogP contribution in [0.1, 0.15) is 11.1 Å². The van der Waals surface area contributed by atoms with Crippen molar-refractivity contribution in [1.82, 2.24) is 4.31 Å². The Morgan fingerprint density at radius 2 is 1.29 bits per heavy atom. The molecule has 0 fully saturated rings. The third-order valence-electron chi connectivity index (χ3n) is 4.48. The second-order valence-corrected chi connectivity index (χ2v) is 8.63. The van der Waals surface area contributed by atoms with E-state index in [1.165, 1.54) is 31.3 Å². The number of nitriles is 2. The van der Waals surface area contributed by atoms with Crippen molar-refractivity contribution in [3.8, 4) is 29.0 Å². The van der Waals surface area contributed by atoms with Gasteiger partial charge in [0.15, 0.2) is 0 Å². The van der Waals surface area contributed by atoms with E-state index in [9.17, 15) is 13.2 Å². The lowest BCUT2D eigenvalue weighted by atomic mass is 10.0. The molecular formula is C23H17N3O4S. The largest absolute Gasteiger partial charge is 0.426 e. The molecule has 8 heteroatoms. The van der Waals surface area contributed by atoms with Crippen LogP contribution in [0.2, 0.25) is 0 Å². The van der Waals surface area contributed by atoms with Gasteiger partial charge in [0.2, 0.25) is 10.0 Å². The number of ether oxygens (including phenoxy) is 1. The Bertz CT molecular complexity index is 1270. The number of benzene rings is 3. The van der Waals surface area contributed by atoms with Gasteiger partial charge < -0.3 is 4.74 Å².